The lowest BCUT2D eigenvalue weighted by molar-refractivity contribution is -0.0128. The van der Waals surface area contributed by atoms with Crippen LogP contribution in [-0.4, -0.2) is 82.9 Å². The molecule has 1 saturated carbocycles. The fraction of sp³-hybridized carbons (Fsp3) is 0.882. The first-order chi connectivity index (χ1) is 11.5. The molecule has 4 aliphatic rings. The predicted molar refractivity (Wildman–Crippen MR) is 86.9 cm³/mol. The van der Waals surface area contributed by atoms with Crippen molar-refractivity contribution in [1.29, 1.82) is 0 Å². The van der Waals surface area contributed by atoms with Crippen molar-refractivity contribution in [1.82, 2.24) is 14.7 Å². The summed E-state index contributed by atoms with van der Waals surface area (Å²) in [6.45, 7) is 6.05. The van der Waals surface area contributed by atoms with Gasteiger partial charge in [-0.05, 0) is 44.4 Å². The Hall–Kier alpha value is -1.50. The largest absolute Gasteiger partial charge is 0.465 e. The molecule has 3 heterocycles. The highest BCUT2D eigenvalue weighted by molar-refractivity contribution is 5.70. The normalized spacial score (nSPS) is 37.8. The zero-order valence-corrected chi connectivity index (χ0v) is 14.3. The first-order valence-electron chi connectivity index (χ1n) is 9.14. The van der Waals surface area contributed by atoms with Crippen molar-refractivity contribution >= 4 is 12.2 Å². The second kappa shape index (κ2) is 5.79. The number of amides is 2. The van der Waals surface area contributed by atoms with Gasteiger partial charge in [-0.15, -0.1) is 0 Å². The third-order valence-corrected chi connectivity index (χ3v) is 6.59. The standard InChI is InChI=1S/C17H27N3O4/c1-12-10-24-16(23)20(12)13-2-5-18(6-3-13)14-8-17(9-14)4-7-19(11-17)15(21)22/h12-14H,2-11H2,1H3,(H,21,22)/t12-,14?,17?/m1/s1. The summed E-state index contributed by atoms with van der Waals surface area (Å²) in [4.78, 5) is 29.0. The Kier molecular flexibility index (Phi) is 3.86. The quantitative estimate of drug-likeness (QED) is 0.832. The lowest BCUT2D eigenvalue weighted by atomic mass is 9.64. The third-order valence-electron chi connectivity index (χ3n) is 6.59. The Morgan fingerprint density at radius 2 is 1.92 bits per heavy atom. The summed E-state index contributed by atoms with van der Waals surface area (Å²) in [6, 6.07) is 1.11. The van der Waals surface area contributed by atoms with Crippen molar-refractivity contribution < 1.29 is 19.4 Å². The lowest BCUT2D eigenvalue weighted by Crippen LogP contribution is -2.56. The van der Waals surface area contributed by atoms with Gasteiger partial charge in [-0.25, -0.2) is 9.59 Å². The molecule has 0 unspecified atom stereocenters. The highest BCUT2D eigenvalue weighted by Gasteiger charge is 2.51. The van der Waals surface area contributed by atoms with Crippen molar-refractivity contribution in [3.05, 3.63) is 0 Å². The first kappa shape index (κ1) is 16.0. The van der Waals surface area contributed by atoms with E-state index in [-0.39, 0.29) is 17.6 Å². The van der Waals surface area contributed by atoms with Crippen LogP contribution in [0.15, 0.2) is 0 Å². The summed E-state index contributed by atoms with van der Waals surface area (Å²) in [5.41, 5.74) is 0.243. The minimum Gasteiger partial charge on any atom is -0.465 e. The van der Waals surface area contributed by atoms with E-state index in [2.05, 4.69) is 11.8 Å². The van der Waals surface area contributed by atoms with Crippen molar-refractivity contribution in [2.24, 2.45) is 5.41 Å². The van der Waals surface area contributed by atoms with Crippen LogP contribution in [0.4, 0.5) is 9.59 Å². The van der Waals surface area contributed by atoms with Gasteiger partial charge in [0.05, 0.1) is 6.04 Å². The van der Waals surface area contributed by atoms with Crippen molar-refractivity contribution in [3.63, 3.8) is 0 Å². The second-order valence-corrected chi connectivity index (χ2v) is 8.12. The molecule has 0 bridgehead atoms. The van der Waals surface area contributed by atoms with Crippen LogP contribution in [-0.2, 0) is 4.74 Å². The van der Waals surface area contributed by atoms with Gasteiger partial charge in [-0.2, -0.15) is 0 Å². The summed E-state index contributed by atoms with van der Waals surface area (Å²) in [5.74, 6) is 0. The zero-order valence-electron chi connectivity index (χ0n) is 14.3. The Labute approximate surface area is 142 Å². The number of hydrogen-bond donors (Lipinski definition) is 1. The summed E-state index contributed by atoms with van der Waals surface area (Å²) < 4.78 is 5.15. The summed E-state index contributed by atoms with van der Waals surface area (Å²) in [7, 11) is 0. The number of ether oxygens (including phenoxy) is 1. The van der Waals surface area contributed by atoms with Crippen molar-refractivity contribution in [2.45, 2.75) is 57.2 Å². The maximum atomic E-state index is 11.9. The molecule has 7 nitrogen and oxygen atoms in total. The van der Waals surface area contributed by atoms with Crippen LogP contribution >= 0.6 is 0 Å². The molecule has 0 aromatic heterocycles. The summed E-state index contributed by atoms with van der Waals surface area (Å²) >= 11 is 0. The highest BCUT2D eigenvalue weighted by Crippen LogP contribution is 2.50. The molecule has 1 N–H and O–H groups in total. The Balaban J connectivity index is 1.26. The number of hydrogen-bond acceptors (Lipinski definition) is 4. The maximum Gasteiger partial charge on any atom is 0.410 e. The number of nitrogens with zero attached hydrogens (tertiary/aromatic N) is 3. The number of carbonyl (C=O) groups excluding carboxylic acids is 1. The van der Waals surface area contributed by atoms with Crippen molar-refractivity contribution in [2.75, 3.05) is 32.8 Å². The maximum absolute atomic E-state index is 11.9. The monoisotopic (exact) mass is 337 g/mol. The van der Waals surface area contributed by atoms with Crippen LogP contribution in [0, 0.1) is 5.41 Å². The van der Waals surface area contributed by atoms with Gasteiger partial charge in [0.25, 0.3) is 0 Å². The van der Waals surface area contributed by atoms with E-state index in [0.717, 1.165) is 45.2 Å². The fourth-order valence-electron chi connectivity index (χ4n) is 5.19. The summed E-state index contributed by atoms with van der Waals surface area (Å²) in [5, 5.41) is 9.13. The molecule has 1 atom stereocenters. The van der Waals surface area contributed by atoms with Crippen LogP contribution in [0.5, 0.6) is 0 Å². The van der Waals surface area contributed by atoms with Crippen LogP contribution in [0.1, 0.15) is 39.0 Å². The molecule has 0 aromatic rings. The van der Waals surface area contributed by atoms with E-state index in [9.17, 15) is 9.59 Å². The first-order valence-corrected chi connectivity index (χ1v) is 9.14. The fourth-order valence-corrected chi connectivity index (χ4v) is 5.19. The average Bonchev–Trinajstić information content (AvgIpc) is 3.11. The van der Waals surface area contributed by atoms with E-state index in [1.807, 2.05) is 4.90 Å². The lowest BCUT2D eigenvalue weighted by Gasteiger charge is -2.52. The van der Waals surface area contributed by atoms with Gasteiger partial charge < -0.3 is 19.6 Å². The van der Waals surface area contributed by atoms with Gasteiger partial charge in [0, 0.05) is 38.3 Å². The number of carbonyl (C=O) groups is 2. The van der Waals surface area contributed by atoms with E-state index in [1.165, 1.54) is 0 Å². The minimum absolute atomic E-state index is 0.150. The van der Waals surface area contributed by atoms with Gasteiger partial charge in [-0.3, -0.25) is 4.90 Å². The molecule has 4 fully saturated rings. The molecular formula is C17H27N3O4. The number of likely N-dealkylation sites (tertiary alicyclic amines) is 2. The highest BCUT2D eigenvalue weighted by atomic mass is 16.6. The Morgan fingerprint density at radius 3 is 2.46 bits per heavy atom. The van der Waals surface area contributed by atoms with Crippen LogP contribution < -0.4 is 0 Å². The van der Waals surface area contributed by atoms with Crippen LogP contribution in [0.25, 0.3) is 0 Å². The number of piperidine rings is 1. The molecule has 24 heavy (non-hydrogen) atoms. The molecule has 1 spiro atoms. The second-order valence-electron chi connectivity index (χ2n) is 8.12. The average molecular weight is 337 g/mol. The van der Waals surface area contributed by atoms with Gasteiger partial charge in [0.1, 0.15) is 6.61 Å². The number of carboxylic acid groups (broad SMARTS) is 1. The Bertz CT molecular complexity index is 526. The third kappa shape index (κ3) is 2.62. The minimum atomic E-state index is -0.775. The van der Waals surface area contributed by atoms with Crippen LogP contribution in [0.2, 0.25) is 0 Å². The van der Waals surface area contributed by atoms with E-state index in [1.54, 1.807) is 4.90 Å². The van der Waals surface area contributed by atoms with Gasteiger partial charge in [0.2, 0.25) is 0 Å². The van der Waals surface area contributed by atoms with Gasteiger partial charge >= 0.3 is 12.2 Å². The number of rotatable bonds is 2. The molecule has 2 amide bonds. The molecule has 134 valence electrons. The topological polar surface area (TPSA) is 73.3 Å². The van der Waals surface area contributed by atoms with Crippen molar-refractivity contribution in [3.8, 4) is 0 Å². The van der Waals surface area contributed by atoms with Gasteiger partial charge in [-0.1, -0.05) is 0 Å². The van der Waals surface area contributed by atoms with E-state index >= 15 is 0 Å². The molecule has 3 saturated heterocycles. The molecule has 1 aliphatic carbocycles. The van der Waals surface area contributed by atoms with E-state index in [4.69, 9.17) is 9.84 Å². The van der Waals surface area contributed by atoms with Gasteiger partial charge in [0.15, 0.2) is 0 Å². The molecule has 0 radical (unpaired) electrons. The molecule has 4 rings (SSSR count). The number of cyclic esters (lactones) is 1. The molecule has 0 aromatic carbocycles. The van der Waals surface area contributed by atoms with E-state index < -0.39 is 6.09 Å². The smallest absolute Gasteiger partial charge is 0.410 e. The van der Waals surface area contributed by atoms with Crippen LogP contribution in [0.3, 0.4) is 0 Å². The molecular weight excluding hydrogens is 310 g/mol. The van der Waals surface area contributed by atoms with E-state index in [0.29, 0.717) is 31.8 Å². The predicted octanol–water partition coefficient (Wildman–Crippen LogP) is 1.82. The zero-order chi connectivity index (χ0) is 16.9. The summed E-state index contributed by atoms with van der Waals surface area (Å²) in [6.07, 6.45) is 4.39. The molecule has 7 heteroatoms. The molecule has 3 aliphatic heterocycles. The Morgan fingerprint density at radius 1 is 1.21 bits per heavy atom. The SMILES string of the molecule is C[C@@H]1COC(=O)N1C1CCN(C2CC3(CCN(C(=O)O)C3)C2)CC1.